The quantitative estimate of drug-likeness (QED) is 0.629. The number of halogens is 4. The van der Waals surface area contributed by atoms with Gasteiger partial charge in [0.15, 0.2) is 0 Å². The molecular weight excluding hydrogens is 256 g/mol. The van der Waals surface area contributed by atoms with Crippen molar-refractivity contribution >= 4 is 0 Å². The van der Waals surface area contributed by atoms with Gasteiger partial charge in [0, 0.05) is 0 Å². The van der Waals surface area contributed by atoms with E-state index in [1.807, 2.05) is 0 Å². The topological polar surface area (TPSA) is 0 Å². The number of hydrogen-bond acceptors (Lipinski definition) is 0. The summed E-state index contributed by atoms with van der Waals surface area (Å²) in [7, 11) is 0. The molecule has 0 unspecified atom stereocenters. The lowest BCUT2D eigenvalue weighted by atomic mass is 9.96. The third kappa shape index (κ3) is 2.62. The zero-order chi connectivity index (χ0) is 14.2. The van der Waals surface area contributed by atoms with Crippen LogP contribution in [0.3, 0.4) is 0 Å². The van der Waals surface area contributed by atoms with E-state index in [0.29, 0.717) is 22.3 Å². The highest BCUT2D eigenvalue weighted by Crippen LogP contribution is 2.33. The minimum Gasteiger partial charge on any atom is -0.206 e. The first-order valence-electron chi connectivity index (χ1n) is 5.74. The Labute approximate surface area is 108 Å². The lowest BCUT2D eigenvalue weighted by molar-refractivity contribution is -0.137. The van der Waals surface area contributed by atoms with Crippen molar-refractivity contribution in [2.75, 3.05) is 0 Å². The normalized spacial score (nSPS) is 11.7. The van der Waals surface area contributed by atoms with Crippen LogP contribution in [0.5, 0.6) is 0 Å². The van der Waals surface area contributed by atoms with Crippen LogP contribution in [0.4, 0.5) is 17.6 Å². The first-order valence-corrected chi connectivity index (χ1v) is 5.74. The van der Waals surface area contributed by atoms with Gasteiger partial charge < -0.3 is 0 Å². The maximum atomic E-state index is 13.8. The van der Waals surface area contributed by atoms with Gasteiger partial charge in [0.25, 0.3) is 0 Å². The van der Waals surface area contributed by atoms with Gasteiger partial charge in [-0.1, -0.05) is 24.3 Å². The van der Waals surface area contributed by atoms with Crippen LogP contribution in [0.25, 0.3) is 11.1 Å². The molecule has 100 valence electrons. The standard InChI is InChI=1S/C15H12F4/c1-9-6-7-13(10(2)14(9)16)11-4-3-5-12(8-11)15(17,18)19/h3-8H,1-2H3. The molecule has 19 heavy (non-hydrogen) atoms. The molecule has 0 saturated carbocycles. The average Bonchev–Trinajstić information content (AvgIpc) is 2.35. The SMILES string of the molecule is Cc1ccc(-c2cccc(C(F)(F)F)c2)c(C)c1F. The molecule has 0 saturated heterocycles. The van der Waals surface area contributed by atoms with E-state index in [1.54, 1.807) is 32.0 Å². The zero-order valence-corrected chi connectivity index (χ0v) is 10.5. The average molecular weight is 268 g/mol. The Morgan fingerprint density at radius 1 is 0.947 bits per heavy atom. The van der Waals surface area contributed by atoms with Gasteiger partial charge in [-0.25, -0.2) is 4.39 Å². The molecule has 0 aliphatic rings. The molecule has 0 fully saturated rings. The van der Waals surface area contributed by atoms with Gasteiger partial charge in [0.05, 0.1) is 5.56 Å². The van der Waals surface area contributed by atoms with Gasteiger partial charge in [-0.3, -0.25) is 0 Å². The van der Waals surface area contributed by atoms with Crippen molar-refractivity contribution in [3.8, 4) is 11.1 Å². The first kappa shape index (κ1) is 13.6. The Morgan fingerprint density at radius 2 is 1.63 bits per heavy atom. The van der Waals surface area contributed by atoms with Crippen LogP contribution in [0, 0.1) is 19.7 Å². The van der Waals surface area contributed by atoms with Gasteiger partial charge in [-0.05, 0) is 48.2 Å². The van der Waals surface area contributed by atoms with E-state index in [1.165, 1.54) is 6.07 Å². The molecule has 0 nitrogen and oxygen atoms in total. The Kier molecular flexibility index (Phi) is 3.35. The van der Waals surface area contributed by atoms with Crippen LogP contribution in [0.1, 0.15) is 16.7 Å². The number of benzene rings is 2. The van der Waals surface area contributed by atoms with Crippen molar-refractivity contribution in [1.82, 2.24) is 0 Å². The fraction of sp³-hybridized carbons (Fsp3) is 0.200. The third-order valence-electron chi connectivity index (χ3n) is 3.08. The van der Waals surface area contributed by atoms with Crippen molar-refractivity contribution in [3.05, 3.63) is 58.9 Å². The summed E-state index contributed by atoms with van der Waals surface area (Å²) in [6, 6.07) is 8.13. The maximum absolute atomic E-state index is 13.8. The van der Waals surface area contributed by atoms with Crippen LogP contribution in [0.15, 0.2) is 36.4 Å². The number of hydrogen-bond donors (Lipinski definition) is 0. The highest BCUT2D eigenvalue weighted by molar-refractivity contribution is 5.68. The second kappa shape index (κ2) is 4.68. The highest BCUT2D eigenvalue weighted by atomic mass is 19.4. The van der Waals surface area contributed by atoms with Gasteiger partial charge in [-0.2, -0.15) is 13.2 Å². The third-order valence-corrected chi connectivity index (χ3v) is 3.08. The largest absolute Gasteiger partial charge is 0.416 e. The molecular formula is C15H12F4. The van der Waals surface area contributed by atoms with Crippen LogP contribution < -0.4 is 0 Å². The van der Waals surface area contributed by atoms with E-state index in [4.69, 9.17) is 0 Å². The lowest BCUT2D eigenvalue weighted by Gasteiger charge is -2.12. The monoisotopic (exact) mass is 268 g/mol. The predicted octanol–water partition coefficient (Wildman–Crippen LogP) is 5.13. The molecule has 2 aromatic carbocycles. The predicted molar refractivity (Wildman–Crippen MR) is 66.3 cm³/mol. The molecule has 2 rings (SSSR count). The molecule has 0 atom stereocenters. The molecule has 0 radical (unpaired) electrons. The lowest BCUT2D eigenvalue weighted by Crippen LogP contribution is -2.04. The second-order valence-electron chi connectivity index (χ2n) is 4.45. The van der Waals surface area contributed by atoms with E-state index >= 15 is 0 Å². The molecule has 0 aliphatic heterocycles. The zero-order valence-electron chi connectivity index (χ0n) is 10.5. The Balaban J connectivity index is 2.57. The Morgan fingerprint density at radius 3 is 2.26 bits per heavy atom. The Bertz CT molecular complexity index is 612. The molecule has 0 N–H and O–H groups in total. The van der Waals surface area contributed by atoms with Gasteiger partial charge >= 0.3 is 6.18 Å². The van der Waals surface area contributed by atoms with Crippen molar-refractivity contribution < 1.29 is 17.6 Å². The second-order valence-corrected chi connectivity index (χ2v) is 4.45. The first-order chi connectivity index (χ1) is 8.80. The van der Waals surface area contributed by atoms with Crippen molar-refractivity contribution in [2.45, 2.75) is 20.0 Å². The van der Waals surface area contributed by atoms with E-state index in [0.717, 1.165) is 12.1 Å². The summed E-state index contributed by atoms with van der Waals surface area (Å²) in [5.41, 5.74) is 0.957. The van der Waals surface area contributed by atoms with Gasteiger partial charge in [0.2, 0.25) is 0 Å². The summed E-state index contributed by atoms with van der Waals surface area (Å²) in [6.45, 7) is 3.19. The number of rotatable bonds is 1. The number of alkyl halides is 3. The highest BCUT2D eigenvalue weighted by Gasteiger charge is 2.30. The fourth-order valence-electron chi connectivity index (χ4n) is 2.00. The van der Waals surface area contributed by atoms with E-state index in [2.05, 4.69) is 0 Å². The summed E-state index contributed by atoms with van der Waals surface area (Å²) < 4.78 is 51.7. The van der Waals surface area contributed by atoms with E-state index in [9.17, 15) is 17.6 Å². The van der Waals surface area contributed by atoms with Crippen LogP contribution in [-0.2, 0) is 6.18 Å². The molecule has 0 spiro atoms. The smallest absolute Gasteiger partial charge is 0.206 e. The minimum absolute atomic E-state index is 0.360. The molecule has 0 aromatic heterocycles. The molecule has 0 bridgehead atoms. The minimum atomic E-state index is -4.40. The van der Waals surface area contributed by atoms with Crippen molar-refractivity contribution in [3.63, 3.8) is 0 Å². The molecule has 2 aromatic rings. The number of aryl methyl sites for hydroxylation is 1. The molecule has 4 heteroatoms. The molecule has 0 heterocycles. The summed E-state index contributed by atoms with van der Waals surface area (Å²) >= 11 is 0. The molecule has 0 amide bonds. The van der Waals surface area contributed by atoms with E-state index < -0.39 is 11.7 Å². The van der Waals surface area contributed by atoms with Crippen molar-refractivity contribution in [1.29, 1.82) is 0 Å². The Hall–Kier alpha value is -1.84. The van der Waals surface area contributed by atoms with Crippen LogP contribution in [-0.4, -0.2) is 0 Å². The summed E-state index contributed by atoms with van der Waals surface area (Å²) in [5, 5.41) is 0. The maximum Gasteiger partial charge on any atom is 0.416 e. The summed E-state index contributed by atoms with van der Waals surface area (Å²) in [4.78, 5) is 0. The summed E-state index contributed by atoms with van der Waals surface area (Å²) in [5.74, 6) is -0.380. The van der Waals surface area contributed by atoms with Gasteiger partial charge in [-0.15, -0.1) is 0 Å². The van der Waals surface area contributed by atoms with Crippen LogP contribution in [0.2, 0.25) is 0 Å². The fourth-order valence-corrected chi connectivity index (χ4v) is 2.00. The van der Waals surface area contributed by atoms with Gasteiger partial charge in [0.1, 0.15) is 5.82 Å². The molecule has 0 aliphatic carbocycles. The van der Waals surface area contributed by atoms with Crippen molar-refractivity contribution in [2.24, 2.45) is 0 Å². The van der Waals surface area contributed by atoms with Crippen LogP contribution >= 0.6 is 0 Å². The summed E-state index contributed by atoms with van der Waals surface area (Å²) in [6.07, 6.45) is -4.40. The van der Waals surface area contributed by atoms with E-state index in [-0.39, 0.29) is 5.82 Å².